The van der Waals surface area contributed by atoms with Crippen molar-refractivity contribution in [2.45, 2.75) is 71.8 Å². The van der Waals surface area contributed by atoms with E-state index < -0.39 is 5.60 Å². The van der Waals surface area contributed by atoms with Crippen molar-refractivity contribution in [3.05, 3.63) is 11.6 Å². The summed E-state index contributed by atoms with van der Waals surface area (Å²) in [4.78, 5) is 12.4. The Morgan fingerprint density at radius 3 is 2.29 bits per heavy atom. The van der Waals surface area contributed by atoms with Crippen LogP contribution in [-0.2, 0) is 4.79 Å². The second-order valence-electron chi connectivity index (χ2n) is 7.93. The van der Waals surface area contributed by atoms with Crippen LogP contribution in [0, 0.1) is 17.3 Å². The minimum Gasteiger partial charge on any atom is -0.388 e. The van der Waals surface area contributed by atoms with E-state index in [1.165, 1.54) is 18.4 Å². The molecule has 2 aliphatic rings. The maximum atomic E-state index is 12.4. The Morgan fingerprint density at radius 1 is 1.19 bits per heavy atom. The van der Waals surface area contributed by atoms with Gasteiger partial charge in [-0.25, -0.2) is 0 Å². The Morgan fingerprint density at radius 2 is 1.76 bits per heavy atom. The highest BCUT2D eigenvalue weighted by atomic mass is 16.3. The number of carbonyl (C=O) groups is 1. The second-order valence-corrected chi connectivity index (χ2v) is 7.93. The molecule has 0 aromatic heterocycles. The lowest BCUT2D eigenvalue weighted by Crippen LogP contribution is -2.43. The average molecular weight is 293 g/mol. The third-order valence-electron chi connectivity index (χ3n) is 5.33. The molecular formula is C18H31NO2. The molecule has 0 bridgehead atoms. The quantitative estimate of drug-likeness (QED) is 0.616. The maximum absolute atomic E-state index is 12.4. The third-order valence-corrected chi connectivity index (χ3v) is 5.33. The predicted octanol–water partition coefficient (Wildman–Crippen LogP) is 3.43. The summed E-state index contributed by atoms with van der Waals surface area (Å²) in [5.41, 5.74) is 0.635. The predicted molar refractivity (Wildman–Crippen MR) is 85.9 cm³/mol. The van der Waals surface area contributed by atoms with Crippen molar-refractivity contribution >= 4 is 5.91 Å². The van der Waals surface area contributed by atoms with Gasteiger partial charge in [-0.1, -0.05) is 51.2 Å². The van der Waals surface area contributed by atoms with Crippen molar-refractivity contribution < 1.29 is 9.90 Å². The largest absolute Gasteiger partial charge is 0.388 e. The average Bonchev–Trinajstić information content (AvgIpc) is 2.99. The minimum atomic E-state index is -0.683. The standard InChI is InChI=1S/C18H31NO2/c1-13(2)11-14-15(17(14,3)4)16(20)19-12-18(21)9-7-5-6-8-10-18/h11,14-15,21H,5-10,12H2,1-4H3,(H,19,20)/t14-,15-/m0/s1. The van der Waals surface area contributed by atoms with Gasteiger partial charge in [0.15, 0.2) is 0 Å². The van der Waals surface area contributed by atoms with E-state index in [1.54, 1.807) is 0 Å². The van der Waals surface area contributed by atoms with E-state index in [0.29, 0.717) is 12.5 Å². The van der Waals surface area contributed by atoms with E-state index >= 15 is 0 Å². The van der Waals surface area contributed by atoms with Crippen LogP contribution in [0.2, 0.25) is 0 Å². The highest BCUT2D eigenvalue weighted by Gasteiger charge is 2.60. The normalized spacial score (nSPS) is 30.1. The first-order valence-corrected chi connectivity index (χ1v) is 8.41. The first-order valence-electron chi connectivity index (χ1n) is 8.41. The number of allylic oxidation sites excluding steroid dienone is 2. The summed E-state index contributed by atoms with van der Waals surface area (Å²) in [5.74, 6) is 0.508. The van der Waals surface area contributed by atoms with Crippen molar-refractivity contribution in [2.75, 3.05) is 6.54 Å². The Hall–Kier alpha value is -0.830. The van der Waals surface area contributed by atoms with Crippen LogP contribution < -0.4 is 5.32 Å². The Labute approximate surface area is 129 Å². The summed E-state index contributed by atoms with van der Waals surface area (Å²) in [6, 6.07) is 0. The van der Waals surface area contributed by atoms with Crippen molar-refractivity contribution in [2.24, 2.45) is 17.3 Å². The van der Waals surface area contributed by atoms with E-state index in [-0.39, 0.29) is 17.2 Å². The van der Waals surface area contributed by atoms with Crippen molar-refractivity contribution in [3.63, 3.8) is 0 Å². The maximum Gasteiger partial charge on any atom is 0.224 e. The number of nitrogens with one attached hydrogen (secondary N) is 1. The Bertz CT molecular complexity index is 413. The van der Waals surface area contributed by atoms with Gasteiger partial charge in [0.1, 0.15) is 0 Å². The Balaban J connectivity index is 1.89. The lowest BCUT2D eigenvalue weighted by atomic mass is 9.94. The van der Waals surface area contributed by atoms with Gasteiger partial charge < -0.3 is 10.4 Å². The first-order chi connectivity index (χ1) is 9.76. The summed E-state index contributed by atoms with van der Waals surface area (Å²) in [6.07, 6.45) is 8.40. The summed E-state index contributed by atoms with van der Waals surface area (Å²) in [7, 11) is 0. The number of amides is 1. The molecule has 3 heteroatoms. The van der Waals surface area contributed by atoms with Gasteiger partial charge in [-0.15, -0.1) is 0 Å². The van der Waals surface area contributed by atoms with Gasteiger partial charge in [0.2, 0.25) is 5.91 Å². The van der Waals surface area contributed by atoms with Crippen molar-refractivity contribution in [3.8, 4) is 0 Å². The zero-order valence-electron chi connectivity index (χ0n) is 14.0. The molecule has 2 atom stereocenters. The van der Waals surface area contributed by atoms with Gasteiger partial charge in [-0.2, -0.15) is 0 Å². The molecule has 2 saturated carbocycles. The van der Waals surface area contributed by atoms with Gasteiger partial charge >= 0.3 is 0 Å². The van der Waals surface area contributed by atoms with Crippen LogP contribution in [0.15, 0.2) is 11.6 Å². The molecule has 2 rings (SSSR count). The number of aliphatic hydroxyl groups is 1. The number of rotatable bonds is 4. The van der Waals surface area contributed by atoms with Crippen LogP contribution in [-0.4, -0.2) is 23.2 Å². The molecule has 0 saturated heterocycles. The topological polar surface area (TPSA) is 49.3 Å². The smallest absolute Gasteiger partial charge is 0.224 e. The zero-order chi connectivity index (χ0) is 15.7. The van der Waals surface area contributed by atoms with E-state index in [4.69, 9.17) is 0 Å². The monoisotopic (exact) mass is 293 g/mol. The molecule has 2 fully saturated rings. The SMILES string of the molecule is CC(C)=C[C@H]1[C@@H](C(=O)NCC2(O)CCCCCC2)C1(C)C. The summed E-state index contributed by atoms with van der Waals surface area (Å²) in [6.45, 7) is 8.89. The van der Waals surface area contributed by atoms with Crippen LogP contribution in [0.3, 0.4) is 0 Å². The lowest BCUT2D eigenvalue weighted by Gasteiger charge is -2.27. The number of hydrogen-bond acceptors (Lipinski definition) is 2. The number of hydrogen-bond donors (Lipinski definition) is 2. The minimum absolute atomic E-state index is 0.0490. The second kappa shape index (κ2) is 6.12. The van der Waals surface area contributed by atoms with Crippen LogP contribution >= 0.6 is 0 Å². The van der Waals surface area contributed by atoms with E-state index in [9.17, 15) is 9.90 Å². The molecule has 0 aliphatic heterocycles. The fourth-order valence-electron chi connectivity index (χ4n) is 3.77. The fourth-order valence-corrected chi connectivity index (χ4v) is 3.77. The summed E-state index contributed by atoms with van der Waals surface area (Å²) < 4.78 is 0. The molecule has 0 unspecified atom stereocenters. The molecule has 21 heavy (non-hydrogen) atoms. The molecule has 0 heterocycles. The van der Waals surface area contributed by atoms with Gasteiger partial charge in [0, 0.05) is 6.54 Å². The lowest BCUT2D eigenvalue weighted by molar-refractivity contribution is -0.124. The van der Waals surface area contributed by atoms with Crippen molar-refractivity contribution in [1.82, 2.24) is 5.32 Å². The molecule has 3 nitrogen and oxygen atoms in total. The van der Waals surface area contributed by atoms with E-state index in [1.807, 2.05) is 0 Å². The summed E-state index contributed by atoms with van der Waals surface area (Å²) in [5, 5.41) is 13.6. The van der Waals surface area contributed by atoms with E-state index in [2.05, 4.69) is 39.1 Å². The molecule has 0 aromatic rings. The molecule has 1 amide bonds. The van der Waals surface area contributed by atoms with Gasteiger partial charge in [0.25, 0.3) is 0 Å². The Kier molecular flexibility index (Phi) is 4.82. The molecule has 0 radical (unpaired) electrons. The zero-order valence-corrected chi connectivity index (χ0v) is 14.0. The van der Waals surface area contributed by atoms with E-state index in [0.717, 1.165) is 25.7 Å². The molecule has 2 aliphatic carbocycles. The first kappa shape index (κ1) is 16.5. The molecule has 120 valence electrons. The van der Waals surface area contributed by atoms with Crippen LogP contribution in [0.25, 0.3) is 0 Å². The molecule has 2 N–H and O–H groups in total. The fraction of sp³-hybridized carbons (Fsp3) is 0.833. The van der Waals surface area contributed by atoms with Gasteiger partial charge in [0.05, 0.1) is 11.5 Å². The van der Waals surface area contributed by atoms with Crippen LogP contribution in [0.5, 0.6) is 0 Å². The summed E-state index contributed by atoms with van der Waals surface area (Å²) >= 11 is 0. The van der Waals surface area contributed by atoms with Crippen molar-refractivity contribution in [1.29, 1.82) is 0 Å². The highest BCUT2D eigenvalue weighted by Crippen LogP contribution is 2.59. The third kappa shape index (κ3) is 3.88. The molecule has 0 aromatic carbocycles. The van der Waals surface area contributed by atoms with Gasteiger partial charge in [-0.3, -0.25) is 4.79 Å². The molecule has 0 spiro atoms. The van der Waals surface area contributed by atoms with Crippen LogP contribution in [0.4, 0.5) is 0 Å². The van der Waals surface area contributed by atoms with Crippen LogP contribution in [0.1, 0.15) is 66.2 Å². The number of carbonyl (C=O) groups excluding carboxylic acids is 1. The molecular weight excluding hydrogens is 262 g/mol. The highest BCUT2D eigenvalue weighted by molar-refractivity contribution is 5.83. The van der Waals surface area contributed by atoms with Gasteiger partial charge in [-0.05, 0) is 38.0 Å².